The number of hydrogen-bond donors (Lipinski definition) is 0. The van der Waals surface area contributed by atoms with E-state index in [1.54, 1.807) is 17.0 Å². The maximum atomic E-state index is 13.1. The molecule has 0 atom stereocenters. The number of methoxy groups -OCH3 is 1. The molecule has 3 rings (SSSR count). The molecule has 150 valence electrons. The zero-order valence-electron chi connectivity index (χ0n) is 16.5. The van der Waals surface area contributed by atoms with E-state index in [1.807, 2.05) is 44.2 Å². The summed E-state index contributed by atoms with van der Waals surface area (Å²) in [7, 11) is -2.35. The summed E-state index contributed by atoms with van der Waals surface area (Å²) >= 11 is 0. The predicted octanol–water partition coefficient (Wildman–Crippen LogP) is 2.39. The molecular weight excluding hydrogens is 376 g/mol. The molecule has 0 aliphatic carbocycles. The molecule has 2 aromatic carbocycles. The minimum Gasteiger partial charge on any atom is -0.495 e. The van der Waals surface area contributed by atoms with Gasteiger partial charge in [-0.05, 0) is 49.1 Å². The first-order valence-electron chi connectivity index (χ1n) is 9.30. The third-order valence-corrected chi connectivity index (χ3v) is 7.06. The monoisotopic (exact) mass is 402 g/mol. The first-order valence-corrected chi connectivity index (χ1v) is 10.7. The van der Waals surface area contributed by atoms with Gasteiger partial charge in [-0.2, -0.15) is 4.31 Å². The van der Waals surface area contributed by atoms with Crippen LogP contribution in [-0.2, 0) is 21.2 Å². The van der Waals surface area contributed by atoms with Crippen molar-refractivity contribution in [3.05, 3.63) is 59.2 Å². The van der Waals surface area contributed by atoms with Crippen molar-refractivity contribution in [3.63, 3.8) is 0 Å². The summed E-state index contributed by atoms with van der Waals surface area (Å²) < 4.78 is 32.8. The molecule has 1 saturated heterocycles. The fourth-order valence-electron chi connectivity index (χ4n) is 3.30. The van der Waals surface area contributed by atoms with Gasteiger partial charge in [0.1, 0.15) is 10.6 Å². The van der Waals surface area contributed by atoms with Crippen molar-refractivity contribution in [2.24, 2.45) is 0 Å². The fourth-order valence-corrected chi connectivity index (χ4v) is 4.90. The van der Waals surface area contributed by atoms with E-state index < -0.39 is 10.0 Å². The molecule has 6 nitrogen and oxygen atoms in total. The molecule has 0 unspecified atom stereocenters. The van der Waals surface area contributed by atoms with E-state index in [-0.39, 0.29) is 23.9 Å². The number of piperazine rings is 1. The highest BCUT2D eigenvalue weighted by atomic mass is 32.2. The fraction of sp³-hybridized carbons (Fsp3) is 0.381. The number of benzene rings is 2. The summed E-state index contributed by atoms with van der Waals surface area (Å²) in [5, 5.41) is 0. The van der Waals surface area contributed by atoms with Crippen molar-refractivity contribution in [3.8, 4) is 5.75 Å². The largest absolute Gasteiger partial charge is 0.495 e. The highest BCUT2D eigenvalue weighted by Crippen LogP contribution is 2.30. The van der Waals surface area contributed by atoms with Crippen molar-refractivity contribution in [1.82, 2.24) is 9.21 Å². The molecule has 1 amide bonds. The number of aryl methyl sites for hydroxylation is 2. The lowest BCUT2D eigenvalue weighted by atomic mass is 10.1. The van der Waals surface area contributed by atoms with Crippen LogP contribution in [-0.4, -0.2) is 56.8 Å². The molecule has 0 N–H and O–H groups in total. The van der Waals surface area contributed by atoms with E-state index in [1.165, 1.54) is 11.4 Å². The van der Waals surface area contributed by atoms with Crippen LogP contribution in [0.3, 0.4) is 0 Å². The standard InChI is InChI=1S/C21H26N2O4S/c1-16-13-19(27-3)20(14-17(16)2)28(25,26)23-12-11-22(21(24)15-23)10-9-18-7-5-4-6-8-18/h4-8,13-14H,9-12,15H2,1-3H3. The van der Waals surface area contributed by atoms with Crippen LogP contribution in [0.5, 0.6) is 5.75 Å². The zero-order chi connectivity index (χ0) is 20.3. The first kappa shape index (κ1) is 20.4. The number of carbonyl (C=O) groups is 1. The highest BCUT2D eigenvalue weighted by molar-refractivity contribution is 7.89. The molecule has 1 fully saturated rings. The van der Waals surface area contributed by atoms with Gasteiger partial charge in [0.2, 0.25) is 15.9 Å². The topological polar surface area (TPSA) is 66.9 Å². The molecule has 0 bridgehead atoms. The summed E-state index contributed by atoms with van der Waals surface area (Å²) in [4.78, 5) is 14.4. The van der Waals surface area contributed by atoms with Crippen molar-refractivity contribution in [2.45, 2.75) is 25.2 Å². The van der Waals surface area contributed by atoms with Crippen molar-refractivity contribution in [2.75, 3.05) is 33.3 Å². The smallest absolute Gasteiger partial charge is 0.247 e. The van der Waals surface area contributed by atoms with Crippen LogP contribution in [0, 0.1) is 13.8 Å². The van der Waals surface area contributed by atoms with Gasteiger partial charge in [0.25, 0.3) is 0 Å². The SMILES string of the molecule is COc1cc(C)c(C)cc1S(=O)(=O)N1CCN(CCc2ccccc2)C(=O)C1. The van der Waals surface area contributed by atoms with E-state index in [9.17, 15) is 13.2 Å². The van der Waals surface area contributed by atoms with Gasteiger partial charge >= 0.3 is 0 Å². The molecule has 1 heterocycles. The average Bonchev–Trinajstić information content (AvgIpc) is 2.69. The summed E-state index contributed by atoms with van der Waals surface area (Å²) in [6, 6.07) is 13.3. The normalized spacial score (nSPS) is 15.7. The molecule has 1 aliphatic heterocycles. The van der Waals surface area contributed by atoms with Crippen LogP contribution < -0.4 is 4.74 Å². The highest BCUT2D eigenvalue weighted by Gasteiger charge is 2.34. The van der Waals surface area contributed by atoms with Gasteiger partial charge in [-0.25, -0.2) is 8.42 Å². The lowest BCUT2D eigenvalue weighted by Gasteiger charge is -2.34. The minimum atomic E-state index is -3.81. The number of amides is 1. The Morgan fingerprint density at radius 2 is 1.71 bits per heavy atom. The van der Waals surface area contributed by atoms with Crippen molar-refractivity contribution >= 4 is 15.9 Å². The number of carbonyl (C=O) groups excluding carboxylic acids is 1. The van der Waals surface area contributed by atoms with Crippen LogP contribution in [0.15, 0.2) is 47.4 Å². The maximum Gasteiger partial charge on any atom is 0.247 e. The second-order valence-corrected chi connectivity index (χ2v) is 8.95. The van der Waals surface area contributed by atoms with Crippen molar-refractivity contribution in [1.29, 1.82) is 0 Å². The molecule has 2 aromatic rings. The molecule has 0 saturated carbocycles. The minimum absolute atomic E-state index is 0.114. The Hall–Kier alpha value is -2.38. The lowest BCUT2D eigenvalue weighted by molar-refractivity contribution is -0.134. The molecular formula is C21H26N2O4S. The van der Waals surface area contributed by atoms with E-state index in [0.717, 1.165) is 23.1 Å². The Morgan fingerprint density at radius 3 is 2.36 bits per heavy atom. The number of sulfonamides is 1. The first-order chi connectivity index (χ1) is 13.3. The summed E-state index contributed by atoms with van der Waals surface area (Å²) in [5.41, 5.74) is 2.98. The number of rotatable bonds is 6. The Balaban J connectivity index is 1.72. The summed E-state index contributed by atoms with van der Waals surface area (Å²) in [6.45, 7) is 4.87. The van der Waals surface area contributed by atoms with Crippen LogP contribution in [0.25, 0.3) is 0 Å². The Kier molecular flexibility index (Phi) is 6.05. The van der Waals surface area contributed by atoms with Gasteiger partial charge in [0.05, 0.1) is 13.7 Å². The van der Waals surface area contributed by atoms with Crippen LogP contribution in [0.1, 0.15) is 16.7 Å². The third kappa shape index (κ3) is 4.20. The third-order valence-electron chi connectivity index (χ3n) is 5.19. The van der Waals surface area contributed by atoms with Gasteiger partial charge in [0, 0.05) is 19.6 Å². The van der Waals surface area contributed by atoms with Crippen LogP contribution in [0.4, 0.5) is 0 Å². The molecule has 1 aliphatic rings. The van der Waals surface area contributed by atoms with Crippen LogP contribution >= 0.6 is 0 Å². The maximum absolute atomic E-state index is 13.1. The van der Waals surface area contributed by atoms with Gasteiger partial charge in [-0.1, -0.05) is 30.3 Å². The zero-order valence-corrected chi connectivity index (χ0v) is 17.3. The predicted molar refractivity (Wildman–Crippen MR) is 108 cm³/mol. The lowest BCUT2D eigenvalue weighted by Crippen LogP contribution is -2.52. The number of nitrogens with zero attached hydrogens (tertiary/aromatic N) is 2. The molecule has 28 heavy (non-hydrogen) atoms. The number of ether oxygens (including phenoxy) is 1. The van der Waals surface area contributed by atoms with E-state index in [0.29, 0.717) is 18.8 Å². The summed E-state index contributed by atoms with van der Waals surface area (Å²) in [5.74, 6) is 0.135. The van der Waals surface area contributed by atoms with E-state index in [2.05, 4.69) is 0 Å². The van der Waals surface area contributed by atoms with Gasteiger partial charge in [-0.15, -0.1) is 0 Å². The number of hydrogen-bond acceptors (Lipinski definition) is 4. The second kappa shape index (κ2) is 8.32. The quantitative estimate of drug-likeness (QED) is 0.744. The molecule has 0 spiro atoms. The van der Waals surface area contributed by atoms with Gasteiger partial charge < -0.3 is 9.64 Å². The Bertz CT molecular complexity index is 958. The molecule has 7 heteroatoms. The Morgan fingerprint density at radius 1 is 1.04 bits per heavy atom. The van der Waals surface area contributed by atoms with Crippen LogP contribution in [0.2, 0.25) is 0 Å². The van der Waals surface area contributed by atoms with Crippen molar-refractivity contribution < 1.29 is 17.9 Å². The Labute approximate surface area is 166 Å². The molecule has 0 aromatic heterocycles. The second-order valence-electron chi connectivity index (χ2n) is 7.04. The van der Waals surface area contributed by atoms with E-state index >= 15 is 0 Å². The summed E-state index contributed by atoms with van der Waals surface area (Å²) in [6.07, 6.45) is 0.754. The van der Waals surface area contributed by atoms with E-state index in [4.69, 9.17) is 4.74 Å². The van der Waals surface area contributed by atoms with Gasteiger partial charge in [0.15, 0.2) is 0 Å². The average molecular weight is 403 g/mol. The molecule has 0 radical (unpaired) electrons. The van der Waals surface area contributed by atoms with Gasteiger partial charge in [-0.3, -0.25) is 4.79 Å².